The number of anilines is 1. The van der Waals surface area contributed by atoms with Gasteiger partial charge < -0.3 is 19.3 Å². The first-order valence-corrected chi connectivity index (χ1v) is 10.5. The van der Waals surface area contributed by atoms with Crippen LogP contribution in [0.3, 0.4) is 0 Å². The summed E-state index contributed by atoms with van der Waals surface area (Å²) in [5.41, 5.74) is 1.45. The monoisotopic (exact) mass is 540 g/mol. The Morgan fingerprint density at radius 3 is 2.63 bits per heavy atom. The summed E-state index contributed by atoms with van der Waals surface area (Å²) in [7, 11) is 3.10. The van der Waals surface area contributed by atoms with Crippen molar-refractivity contribution in [2.75, 3.05) is 26.1 Å². The molecule has 0 bridgehead atoms. The normalized spacial score (nSPS) is 10.4. The van der Waals surface area contributed by atoms with Crippen LogP contribution in [0, 0.1) is 3.57 Å². The number of amides is 1. The van der Waals surface area contributed by atoms with E-state index in [-0.39, 0.29) is 11.3 Å². The summed E-state index contributed by atoms with van der Waals surface area (Å²) in [6, 6.07) is 9.91. The van der Waals surface area contributed by atoms with E-state index in [2.05, 4.69) is 10.3 Å². The third-order valence-corrected chi connectivity index (χ3v) is 5.37. The molecule has 0 fully saturated rings. The van der Waals surface area contributed by atoms with Gasteiger partial charge in [0.15, 0.2) is 23.2 Å². The number of esters is 1. The van der Waals surface area contributed by atoms with Gasteiger partial charge in [0.05, 0.1) is 19.9 Å². The number of rotatable bonds is 7. The van der Waals surface area contributed by atoms with Gasteiger partial charge in [0.25, 0.3) is 5.91 Å². The molecule has 8 nitrogen and oxygen atoms in total. The van der Waals surface area contributed by atoms with Crippen LogP contribution in [0.1, 0.15) is 10.4 Å². The van der Waals surface area contributed by atoms with Crippen molar-refractivity contribution < 1.29 is 28.9 Å². The highest BCUT2D eigenvalue weighted by Gasteiger charge is 2.16. The zero-order valence-corrected chi connectivity index (χ0v) is 18.9. The van der Waals surface area contributed by atoms with Gasteiger partial charge in [-0.2, -0.15) is 0 Å². The van der Waals surface area contributed by atoms with E-state index in [0.29, 0.717) is 22.3 Å². The van der Waals surface area contributed by atoms with E-state index in [4.69, 9.17) is 14.2 Å². The van der Waals surface area contributed by atoms with Gasteiger partial charge in [-0.25, -0.2) is 9.78 Å². The predicted molar refractivity (Wildman–Crippen MR) is 120 cm³/mol. The highest BCUT2D eigenvalue weighted by atomic mass is 127. The molecule has 0 aliphatic carbocycles. The minimum Gasteiger partial charge on any atom is -0.507 e. The fourth-order valence-electron chi connectivity index (χ4n) is 2.50. The molecule has 0 atom stereocenters. The van der Waals surface area contributed by atoms with Crippen molar-refractivity contribution in [2.45, 2.75) is 0 Å². The van der Waals surface area contributed by atoms with Gasteiger partial charge in [-0.3, -0.25) is 10.1 Å². The fraction of sp³-hybridized carbons (Fsp3) is 0.150. The molecule has 0 radical (unpaired) electrons. The number of aromatic nitrogens is 1. The van der Waals surface area contributed by atoms with Crippen LogP contribution in [0.15, 0.2) is 41.8 Å². The summed E-state index contributed by atoms with van der Waals surface area (Å²) >= 11 is 3.24. The third kappa shape index (κ3) is 5.19. The average Bonchev–Trinajstić information content (AvgIpc) is 3.21. The highest BCUT2D eigenvalue weighted by molar-refractivity contribution is 14.1. The molecule has 156 valence electrons. The molecular weight excluding hydrogens is 523 g/mol. The van der Waals surface area contributed by atoms with Crippen molar-refractivity contribution in [3.8, 4) is 28.5 Å². The molecular formula is C20H17IN2O6S. The number of methoxy groups -OCH3 is 2. The molecule has 3 rings (SSSR count). The van der Waals surface area contributed by atoms with Crippen molar-refractivity contribution in [3.63, 3.8) is 0 Å². The van der Waals surface area contributed by atoms with Crippen LogP contribution in [0.4, 0.5) is 5.13 Å². The van der Waals surface area contributed by atoms with Crippen molar-refractivity contribution in [2.24, 2.45) is 0 Å². The van der Waals surface area contributed by atoms with Gasteiger partial charge in [-0.15, -0.1) is 11.3 Å². The van der Waals surface area contributed by atoms with E-state index in [1.165, 1.54) is 23.5 Å². The van der Waals surface area contributed by atoms with Gasteiger partial charge in [0, 0.05) is 14.5 Å². The SMILES string of the molecule is COc1ccc(-c2csc(NC(=O)COC(=O)c3cc(I)ccc3O)n2)cc1OC. The third-order valence-electron chi connectivity index (χ3n) is 3.94. The Bertz CT molecular complexity index is 1080. The zero-order chi connectivity index (χ0) is 21.7. The molecule has 3 aromatic rings. The lowest BCUT2D eigenvalue weighted by atomic mass is 10.1. The number of hydrogen-bond donors (Lipinski definition) is 2. The molecule has 2 aromatic carbocycles. The Morgan fingerprint density at radius 2 is 1.90 bits per heavy atom. The van der Waals surface area contributed by atoms with Crippen LogP contribution < -0.4 is 14.8 Å². The zero-order valence-electron chi connectivity index (χ0n) is 16.0. The summed E-state index contributed by atoms with van der Waals surface area (Å²) < 4.78 is 16.2. The van der Waals surface area contributed by atoms with Crippen molar-refractivity contribution in [1.29, 1.82) is 0 Å². The van der Waals surface area contributed by atoms with Crippen LogP contribution >= 0.6 is 33.9 Å². The molecule has 1 amide bonds. The molecule has 0 saturated carbocycles. The topological polar surface area (TPSA) is 107 Å². The van der Waals surface area contributed by atoms with Gasteiger partial charge in [-0.1, -0.05) is 0 Å². The van der Waals surface area contributed by atoms with E-state index in [1.807, 2.05) is 28.7 Å². The Morgan fingerprint density at radius 1 is 1.13 bits per heavy atom. The number of halogens is 1. The molecule has 0 unspecified atom stereocenters. The summed E-state index contributed by atoms with van der Waals surface area (Å²) in [5.74, 6) is -0.362. The molecule has 2 N–H and O–H groups in total. The minimum absolute atomic E-state index is 0.000289. The Balaban J connectivity index is 1.61. The van der Waals surface area contributed by atoms with Gasteiger partial charge in [0.2, 0.25) is 0 Å². The van der Waals surface area contributed by atoms with Crippen LogP contribution in [0.25, 0.3) is 11.3 Å². The Hall–Kier alpha value is -2.86. The first kappa shape index (κ1) is 21.8. The Kier molecular flexibility index (Phi) is 7.11. The number of phenolic OH excluding ortho intramolecular Hbond substituents is 1. The summed E-state index contributed by atoms with van der Waals surface area (Å²) in [5, 5.41) is 14.5. The second-order valence-electron chi connectivity index (χ2n) is 5.89. The number of phenols is 1. The number of carbonyl (C=O) groups excluding carboxylic acids is 2. The number of thiazole rings is 1. The molecule has 30 heavy (non-hydrogen) atoms. The number of carbonyl (C=O) groups is 2. The number of ether oxygens (including phenoxy) is 3. The van der Waals surface area contributed by atoms with Crippen molar-refractivity contribution in [1.82, 2.24) is 4.98 Å². The van der Waals surface area contributed by atoms with Crippen LogP contribution in [0.5, 0.6) is 17.2 Å². The predicted octanol–water partition coefficient (Wildman–Crippen LogP) is 3.93. The summed E-state index contributed by atoms with van der Waals surface area (Å²) in [6.07, 6.45) is 0. The summed E-state index contributed by atoms with van der Waals surface area (Å²) in [6.45, 7) is -0.505. The average molecular weight is 540 g/mol. The van der Waals surface area contributed by atoms with Crippen molar-refractivity contribution >= 4 is 50.9 Å². The number of nitrogens with one attached hydrogen (secondary N) is 1. The molecule has 1 aromatic heterocycles. The van der Waals surface area contributed by atoms with Gasteiger partial charge >= 0.3 is 5.97 Å². The van der Waals surface area contributed by atoms with Gasteiger partial charge in [0.1, 0.15) is 11.3 Å². The quantitative estimate of drug-likeness (QED) is 0.346. The molecule has 0 spiro atoms. The van der Waals surface area contributed by atoms with E-state index < -0.39 is 18.5 Å². The lowest BCUT2D eigenvalue weighted by molar-refractivity contribution is -0.119. The lowest BCUT2D eigenvalue weighted by Crippen LogP contribution is -2.21. The largest absolute Gasteiger partial charge is 0.507 e. The van der Waals surface area contributed by atoms with E-state index in [9.17, 15) is 14.7 Å². The fourth-order valence-corrected chi connectivity index (χ4v) is 3.72. The number of aromatic hydroxyl groups is 1. The lowest BCUT2D eigenvalue weighted by Gasteiger charge is -2.08. The first-order valence-electron chi connectivity index (χ1n) is 8.54. The highest BCUT2D eigenvalue weighted by Crippen LogP contribution is 2.33. The van der Waals surface area contributed by atoms with Crippen LogP contribution in [-0.2, 0) is 9.53 Å². The standard InChI is InChI=1S/C20H17IN2O6S/c1-27-16-6-3-11(7-17(16)28-2)14-10-30-20(22-14)23-18(25)9-29-19(26)13-8-12(21)4-5-15(13)24/h3-8,10,24H,9H2,1-2H3,(H,22,23,25). The van der Waals surface area contributed by atoms with Gasteiger partial charge in [-0.05, 0) is 59.0 Å². The molecule has 0 saturated heterocycles. The van der Waals surface area contributed by atoms with Crippen LogP contribution in [0.2, 0.25) is 0 Å². The maximum Gasteiger partial charge on any atom is 0.342 e. The molecule has 0 aliphatic heterocycles. The molecule has 10 heteroatoms. The number of hydrogen-bond acceptors (Lipinski definition) is 8. The number of nitrogens with zero attached hydrogens (tertiary/aromatic N) is 1. The maximum atomic E-state index is 12.1. The summed E-state index contributed by atoms with van der Waals surface area (Å²) in [4.78, 5) is 28.6. The maximum absolute atomic E-state index is 12.1. The second-order valence-corrected chi connectivity index (χ2v) is 8.00. The van der Waals surface area contributed by atoms with E-state index >= 15 is 0 Å². The molecule has 1 heterocycles. The first-order chi connectivity index (χ1) is 14.4. The second kappa shape index (κ2) is 9.76. The Labute approximate surface area is 189 Å². The van der Waals surface area contributed by atoms with E-state index in [0.717, 1.165) is 9.13 Å². The molecule has 0 aliphatic rings. The number of benzene rings is 2. The minimum atomic E-state index is -0.786. The van der Waals surface area contributed by atoms with Crippen LogP contribution in [-0.4, -0.2) is 42.8 Å². The van der Waals surface area contributed by atoms with Crippen molar-refractivity contribution in [3.05, 3.63) is 50.9 Å². The smallest absolute Gasteiger partial charge is 0.342 e. The van der Waals surface area contributed by atoms with E-state index in [1.54, 1.807) is 37.8 Å².